The van der Waals surface area contributed by atoms with Crippen LogP contribution >= 0.6 is 7.60 Å². The molecule has 0 radical (unpaired) electrons. The summed E-state index contributed by atoms with van der Waals surface area (Å²) in [4.78, 5) is 0. The summed E-state index contributed by atoms with van der Waals surface area (Å²) in [7, 11) is -1.85. The molecular weight excluding hydrogens is 189 g/mol. The molecule has 0 aliphatic rings. The summed E-state index contributed by atoms with van der Waals surface area (Å²) < 4.78 is 21.2. The monoisotopic (exact) mass is 203 g/mol. The molecule has 0 heterocycles. The normalized spacial score (nSPS) is 15.5. The Hall–Kier alpha value is -0.620. The number of allylic oxidation sites excluding steroid dienone is 1. The van der Waals surface area contributed by atoms with Crippen LogP contribution in [0.5, 0.6) is 0 Å². The molecule has 0 aliphatic carbocycles. The highest BCUT2D eigenvalue weighted by atomic mass is 31.2. The molecule has 5 heteroatoms. The zero-order chi connectivity index (χ0) is 10.2. The van der Waals surface area contributed by atoms with Crippen LogP contribution in [0.4, 0.5) is 0 Å². The average molecular weight is 203 g/mol. The summed E-state index contributed by atoms with van der Waals surface area (Å²) >= 11 is 0. The molecule has 0 aromatic heterocycles. The zero-order valence-corrected chi connectivity index (χ0v) is 8.79. The number of hydrogen-bond acceptors (Lipinski definition) is 4. The molecule has 0 fully saturated rings. The molecule has 13 heavy (non-hydrogen) atoms. The minimum absolute atomic E-state index is 0.386. The van der Waals surface area contributed by atoms with Crippen LogP contribution in [-0.2, 0) is 13.6 Å². The quantitative estimate of drug-likeness (QED) is 0.378. The van der Waals surface area contributed by atoms with Gasteiger partial charge < -0.3 is 9.05 Å². The van der Waals surface area contributed by atoms with Gasteiger partial charge in [0.15, 0.2) is 0 Å². The number of rotatable bonds is 6. The Morgan fingerprint density at radius 1 is 1.62 bits per heavy atom. The van der Waals surface area contributed by atoms with E-state index in [0.29, 0.717) is 6.61 Å². The van der Waals surface area contributed by atoms with Crippen LogP contribution in [0, 0.1) is 11.3 Å². The first kappa shape index (κ1) is 12.4. The van der Waals surface area contributed by atoms with Gasteiger partial charge in [-0.25, -0.2) is 0 Å². The van der Waals surface area contributed by atoms with E-state index >= 15 is 0 Å². The van der Waals surface area contributed by atoms with Crippen molar-refractivity contribution in [2.24, 2.45) is 0 Å². The lowest BCUT2D eigenvalue weighted by atomic mass is 10.4. The standard InChI is InChI=1S/C8H14NO3P/c1-3-4-7-12-13(10,11-2)8-5-6-9/h5,8H,3-4,7H2,1-2H3. The lowest BCUT2D eigenvalue weighted by Gasteiger charge is -2.10. The minimum Gasteiger partial charge on any atom is -0.309 e. The van der Waals surface area contributed by atoms with Crippen molar-refractivity contribution in [3.05, 3.63) is 11.9 Å². The van der Waals surface area contributed by atoms with Crippen LogP contribution in [0.25, 0.3) is 0 Å². The highest BCUT2D eigenvalue weighted by Crippen LogP contribution is 2.48. The fraction of sp³-hybridized carbons (Fsp3) is 0.625. The molecule has 1 unspecified atom stereocenters. The molecule has 0 rings (SSSR count). The van der Waals surface area contributed by atoms with Crippen LogP contribution in [0.2, 0.25) is 0 Å². The van der Waals surface area contributed by atoms with Crippen molar-refractivity contribution in [3.63, 3.8) is 0 Å². The Balaban J connectivity index is 4.06. The molecular formula is C8H14NO3P. The van der Waals surface area contributed by atoms with Crippen LogP contribution < -0.4 is 0 Å². The molecule has 0 aromatic carbocycles. The number of nitriles is 1. The Kier molecular flexibility index (Phi) is 6.52. The lowest BCUT2D eigenvalue weighted by Crippen LogP contribution is -1.92. The van der Waals surface area contributed by atoms with E-state index in [9.17, 15) is 4.57 Å². The molecule has 0 saturated heterocycles. The topological polar surface area (TPSA) is 59.3 Å². The maximum absolute atomic E-state index is 11.5. The highest BCUT2D eigenvalue weighted by molar-refractivity contribution is 7.57. The van der Waals surface area contributed by atoms with Crippen molar-refractivity contribution in [2.75, 3.05) is 13.7 Å². The second-order valence-corrected chi connectivity index (χ2v) is 4.36. The molecule has 74 valence electrons. The van der Waals surface area contributed by atoms with Crippen molar-refractivity contribution in [2.45, 2.75) is 19.8 Å². The maximum atomic E-state index is 11.5. The van der Waals surface area contributed by atoms with Gasteiger partial charge in [0, 0.05) is 19.0 Å². The molecule has 0 spiro atoms. The minimum atomic E-state index is -3.15. The molecule has 1 atom stereocenters. The summed E-state index contributed by atoms with van der Waals surface area (Å²) in [6.45, 7) is 2.39. The predicted molar refractivity (Wildman–Crippen MR) is 50.2 cm³/mol. The first-order valence-electron chi connectivity index (χ1n) is 4.06. The van der Waals surface area contributed by atoms with Crippen molar-refractivity contribution >= 4 is 7.60 Å². The molecule has 0 aromatic rings. The highest BCUT2D eigenvalue weighted by Gasteiger charge is 2.17. The summed E-state index contributed by atoms with van der Waals surface area (Å²) in [5.41, 5.74) is 0. The summed E-state index contributed by atoms with van der Waals surface area (Å²) in [6.07, 6.45) is 2.90. The van der Waals surface area contributed by atoms with Crippen molar-refractivity contribution in [1.82, 2.24) is 0 Å². The molecule has 4 nitrogen and oxygen atoms in total. The maximum Gasteiger partial charge on any atom is 0.354 e. The molecule has 0 amide bonds. The summed E-state index contributed by atoms with van der Waals surface area (Å²) in [5, 5.41) is 8.23. The smallest absolute Gasteiger partial charge is 0.309 e. The van der Waals surface area contributed by atoms with Gasteiger partial charge in [-0.3, -0.25) is 4.57 Å². The van der Waals surface area contributed by atoms with Gasteiger partial charge in [0.2, 0.25) is 0 Å². The molecule has 0 saturated carbocycles. The lowest BCUT2D eigenvalue weighted by molar-refractivity contribution is 0.239. The Labute approximate surface area is 78.7 Å². The SMILES string of the molecule is CCCCOP(=O)(C=CC#N)OC. The van der Waals surface area contributed by atoms with Gasteiger partial charge in [-0.15, -0.1) is 0 Å². The van der Waals surface area contributed by atoms with E-state index in [1.165, 1.54) is 12.9 Å². The van der Waals surface area contributed by atoms with E-state index in [2.05, 4.69) is 4.52 Å². The van der Waals surface area contributed by atoms with Crippen molar-refractivity contribution in [1.29, 1.82) is 5.26 Å². The average Bonchev–Trinajstić information content (AvgIpc) is 2.15. The molecule has 0 N–H and O–H groups in total. The Bertz CT molecular complexity index is 244. The number of nitrogens with zero attached hydrogens (tertiary/aromatic N) is 1. The number of unbranched alkanes of at least 4 members (excludes halogenated alkanes) is 1. The van der Waals surface area contributed by atoms with E-state index in [1.54, 1.807) is 6.07 Å². The third-order valence-corrected chi connectivity index (χ3v) is 2.92. The van der Waals surface area contributed by atoms with E-state index in [4.69, 9.17) is 9.79 Å². The van der Waals surface area contributed by atoms with Crippen LogP contribution in [0.3, 0.4) is 0 Å². The third kappa shape index (κ3) is 5.59. The van der Waals surface area contributed by atoms with Gasteiger partial charge in [0.05, 0.1) is 12.7 Å². The third-order valence-electron chi connectivity index (χ3n) is 1.36. The van der Waals surface area contributed by atoms with Gasteiger partial charge in [0.25, 0.3) is 0 Å². The van der Waals surface area contributed by atoms with Crippen LogP contribution in [0.1, 0.15) is 19.8 Å². The first-order valence-corrected chi connectivity index (χ1v) is 5.67. The van der Waals surface area contributed by atoms with Gasteiger partial charge in [-0.1, -0.05) is 13.3 Å². The van der Waals surface area contributed by atoms with E-state index < -0.39 is 7.60 Å². The second kappa shape index (κ2) is 6.85. The van der Waals surface area contributed by atoms with Crippen molar-refractivity contribution in [3.8, 4) is 6.07 Å². The Morgan fingerprint density at radius 2 is 2.31 bits per heavy atom. The van der Waals surface area contributed by atoms with Gasteiger partial charge >= 0.3 is 7.60 Å². The zero-order valence-electron chi connectivity index (χ0n) is 7.90. The second-order valence-electron chi connectivity index (χ2n) is 2.35. The van der Waals surface area contributed by atoms with Crippen LogP contribution in [-0.4, -0.2) is 13.7 Å². The fourth-order valence-electron chi connectivity index (χ4n) is 0.617. The summed E-state index contributed by atoms with van der Waals surface area (Å²) in [6, 6.07) is 1.74. The number of hydrogen-bond donors (Lipinski definition) is 0. The first-order chi connectivity index (χ1) is 6.18. The molecule has 0 aliphatic heterocycles. The van der Waals surface area contributed by atoms with E-state index in [-0.39, 0.29) is 0 Å². The van der Waals surface area contributed by atoms with Crippen LogP contribution in [0.15, 0.2) is 11.9 Å². The van der Waals surface area contributed by atoms with Crippen molar-refractivity contribution < 1.29 is 13.6 Å². The summed E-state index contributed by atoms with van der Waals surface area (Å²) in [5.74, 6) is 1.17. The van der Waals surface area contributed by atoms with Gasteiger partial charge in [-0.05, 0) is 6.42 Å². The van der Waals surface area contributed by atoms with Gasteiger partial charge in [-0.2, -0.15) is 5.26 Å². The molecule has 0 bridgehead atoms. The Morgan fingerprint density at radius 3 is 2.77 bits per heavy atom. The van der Waals surface area contributed by atoms with E-state index in [1.807, 2.05) is 6.92 Å². The van der Waals surface area contributed by atoms with Gasteiger partial charge in [0.1, 0.15) is 0 Å². The fourth-order valence-corrected chi connectivity index (χ4v) is 1.56. The van der Waals surface area contributed by atoms with E-state index in [0.717, 1.165) is 18.9 Å². The largest absolute Gasteiger partial charge is 0.354 e. The predicted octanol–water partition coefficient (Wildman–Crippen LogP) is 2.68.